The quantitative estimate of drug-likeness (QED) is 0.0310. The maximum absolute atomic E-state index is 8.07. The number of aliphatic hydroxyl groups excluding tert-OH is 1. The van der Waals surface area contributed by atoms with Crippen LogP contribution in [0.1, 0.15) is 82.5 Å². The van der Waals surface area contributed by atoms with E-state index >= 15 is 0 Å². The molecule has 25 heteroatoms. The molecule has 7 N–H and O–H groups in total. The van der Waals surface area contributed by atoms with Crippen LogP contribution in [0.15, 0.2) is 60.9 Å². The van der Waals surface area contributed by atoms with Gasteiger partial charge < -0.3 is 36.1 Å². The molecular weight excluding hydrogens is 1560 g/mol. The van der Waals surface area contributed by atoms with Gasteiger partial charge in [-0.3, -0.25) is 30.0 Å². The third-order valence-electron chi connectivity index (χ3n) is 13.0. The van der Waals surface area contributed by atoms with Crippen LogP contribution >= 0.6 is 99.9 Å². The zero-order chi connectivity index (χ0) is 51.4. The summed E-state index contributed by atoms with van der Waals surface area (Å²) in [4.78, 5) is 30.8. The van der Waals surface area contributed by atoms with Crippen molar-refractivity contribution in [3.05, 3.63) is 95.1 Å². The molecule has 2 unspecified atom stereocenters. The van der Waals surface area contributed by atoms with Crippen molar-refractivity contribution in [2.45, 2.75) is 121 Å². The molecule has 4 aliphatic heterocycles. The van der Waals surface area contributed by atoms with E-state index in [-0.39, 0.29) is 13.3 Å². The fourth-order valence-corrected chi connectivity index (χ4v) is 10.1. The molecule has 4 saturated heterocycles. The molecule has 6 aromatic rings. The maximum atomic E-state index is 8.07. The third kappa shape index (κ3) is 19.4. The molecule has 6 atom stereocenters. The first-order chi connectivity index (χ1) is 34.9. The van der Waals surface area contributed by atoms with E-state index < -0.39 is 0 Å². The number of rotatable bonds is 14. The molecule has 4 bridgehead atoms. The van der Waals surface area contributed by atoms with E-state index in [1.54, 1.807) is 0 Å². The molecule has 73 heavy (non-hydrogen) atoms. The van der Waals surface area contributed by atoms with Crippen molar-refractivity contribution in [1.29, 1.82) is 0 Å². The van der Waals surface area contributed by atoms with Crippen molar-refractivity contribution in [3.63, 3.8) is 0 Å². The summed E-state index contributed by atoms with van der Waals surface area (Å²) in [6.07, 6.45) is 15.0. The Kier molecular flexibility index (Phi) is 28.2. The first-order valence-electron chi connectivity index (χ1n) is 24.1. The number of pyridine rings is 4. The van der Waals surface area contributed by atoms with Gasteiger partial charge in [-0.15, -0.1) is 0 Å². The molecule has 10 heterocycles. The van der Waals surface area contributed by atoms with E-state index in [9.17, 15) is 0 Å². The second kappa shape index (κ2) is 33.0. The number of unbranched alkanes of at least 4 members (excludes halogenated alkanes) is 1. The fourth-order valence-electron chi connectivity index (χ4n) is 10.1. The number of aromatic nitrogens is 8. The molecule has 10 rings (SSSR count). The Hall–Kier alpha value is -1.52. The molecule has 0 amide bonds. The Labute approximate surface area is 498 Å². The van der Waals surface area contributed by atoms with Crippen LogP contribution in [0.25, 0.3) is 31.5 Å². The van der Waals surface area contributed by atoms with E-state index in [0.29, 0.717) is 65.4 Å². The molecular formula is C48H62BI5N16OV2. The number of halogens is 5. The minimum absolute atomic E-state index is 0. The number of nitrogens with one attached hydrogen (secondary N) is 6. The fraction of sp³-hybridized carbons (Fsp3) is 0.500. The number of aliphatic hydroxyl groups is 1. The molecule has 0 saturated carbocycles. The number of piperidine rings is 2. The van der Waals surface area contributed by atoms with Crippen molar-refractivity contribution >= 4 is 165 Å². The second-order valence-corrected chi connectivity index (χ2v) is 65.1. The van der Waals surface area contributed by atoms with Gasteiger partial charge in [-0.25, -0.2) is 23.1 Å². The van der Waals surface area contributed by atoms with Gasteiger partial charge in [0.05, 0.1) is 24.1 Å². The van der Waals surface area contributed by atoms with E-state index in [1.165, 1.54) is 25.7 Å². The summed E-state index contributed by atoms with van der Waals surface area (Å²) in [7, 11) is 0.628. The van der Waals surface area contributed by atoms with Gasteiger partial charge in [-0.2, -0.15) is 10.2 Å². The molecule has 17 nitrogen and oxygen atoms in total. The number of aryl methyl sites for hydroxylation is 2. The first kappa shape index (κ1) is 62.3. The van der Waals surface area contributed by atoms with Gasteiger partial charge >= 0.3 is 114 Å². The number of aromatic amines is 2. The van der Waals surface area contributed by atoms with Crippen molar-refractivity contribution in [2.24, 2.45) is 0 Å². The van der Waals surface area contributed by atoms with Crippen molar-refractivity contribution in [1.82, 2.24) is 50.1 Å². The summed E-state index contributed by atoms with van der Waals surface area (Å²) in [5.41, 5.74) is 3.80. The standard InChI is InChI=1S/2C22H26N8.C4H10O.B.5HI.2V/c2*1-14-10-21(29-28-14)26-20-13-19-18(4-3-7-24-19)22(27-20)25-15-11-16-5-6-17(12-15)30(16)9-8-23-2;1-2-3-4-5;;;;;;;;/h2*3-4,7,10,13,15-17H,5-6,8-9,11-12H2,1H3,(H3,25,26,27,28,29);5H,2-4H2,1H3;;5*1H;;/q;;;;;;;;;+2;+3/p-5/t2*15?,16-,17+;;;;;;;;;. The summed E-state index contributed by atoms with van der Waals surface area (Å²) < 4.78 is 0. The van der Waals surface area contributed by atoms with Crippen LogP contribution in [-0.4, -0.2) is 133 Å². The Morgan fingerprint density at radius 1 is 0.699 bits per heavy atom. The van der Waals surface area contributed by atoms with Crippen LogP contribution in [0, 0.1) is 27.0 Å². The zero-order valence-electron chi connectivity index (χ0n) is 41.1. The van der Waals surface area contributed by atoms with Gasteiger partial charge in [-0.1, -0.05) is 13.3 Å². The summed E-state index contributed by atoms with van der Waals surface area (Å²) in [6.45, 7) is 23.5. The minimum atomic E-state index is -0.278. The summed E-state index contributed by atoms with van der Waals surface area (Å²) >= 11 is 12.1. The second-order valence-electron chi connectivity index (χ2n) is 17.9. The molecule has 4 aliphatic rings. The molecule has 6 aromatic heterocycles. The van der Waals surface area contributed by atoms with E-state index in [1.807, 2.05) is 62.6 Å². The Balaban J connectivity index is 0.000000220. The van der Waals surface area contributed by atoms with E-state index in [2.05, 4.69) is 190 Å². The number of H-pyrrole nitrogens is 2. The monoisotopic (exact) mass is 1630 g/mol. The zero-order valence-corrected chi connectivity index (χ0v) is 54.7. The topological polar surface area (TPSA) is 192 Å². The summed E-state index contributed by atoms with van der Waals surface area (Å²) in [6, 6.07) is 18.9. The van der Waals surface area contributed by atoms with Crippen LogP contribution in [0.3, 0.4) is 0 Å². The molecule has 4 fully saturated rings. The number of hydrogen-bond donors (Lipinski definition) is 7. The predicted molar refractivity (Wildman–Crippen MR) is 333 cm³/mol. The van der Waals surface area contributed by atoms with Gasteiger partial charge in [0.1, 0.15) is 23.3 Å². The van der Waals surface area contributed by atoms with Crippen molar-refractivity contribution in [2.75, 3.05) is 54.1 Å². The van der Waals surface area contributed by atoms with Crippen LogP contribution in [0.5, 0.6) is 0 Å². The van der Waals surface area contributed by atoms with Gasteiger partial charge in [0.2, 0.25) is 13.1 Å². The Bertz CT molecular complexity index is 2490. The summed E-state index contributed by atoms with van der Waals surface area (Å²) in [5, 5.41) is 38.6. The van der Waals surface area contributed by atoms with Gasteiger partial charge in [0, 0.05) is 110 Å². The predicted octanol–water partition coefficient (Wildman–Crippen LogP) is 12.3. The Morgan fingerprint density at radius 2 is 1.08 bits per heavy atom. The summed E-state index contributed by atoms with van der Waals surface area (Å²) in [5.74, 6) is 4.68. The van der Waals surface area contributed by atoms with E-state index in [0.717, 1.165) is 120 Å². The van der Waals surface area contributed by atoms with Gasteiger partial charge in [-0.05, 0) is 95.9 Å². The van der Waals surface area contributed by atoms with Crippen LogP contribution < -0.4 is 21.3 Å². The molecule has 0 aliphatic carbocycles. The average molecular weight is 1630 g/mol. The van der Waals surface area contributed by atoms with Crippen LogP contribution in [0.4, 0.5) is 34.9 Å². The molecule has 0 spiro atoms. The van der Waals surface area contributed by atoms with E-state index in [4.69, 9.17) is 28.2 Å². The molecule has 0 aromatic carbocycles. The van der Waals surface area contributed by atoms with Crippen molar-refractivity contribution < 1.29 is 19.5 Å². The third-order valence-corrected chi connectivity index (χ3v) is 13.0. The number of fused-ring (bicyclic) bond motifs is 6. The Morgan fingerprint density at radius 3 is 1.38 bits per heavy atom. The number of nitrogens with zero attached hydrogens (tertiary/aromatic N) is 10. The number of hydrogen-bond acceptors (Lipinski definition) is 13. The first-order valence-corrected chi connectivity index (χ1v) is 46.6. The average Bonchev–Trinajstić information content (AvgIpc) is 4.09. The van der Waals surface area contributed by atoms with Crippen molar-refractivity contribution in [3.8, 4) is 0 Å². The number of anilines is 6. The molecule has 3 radical (unpaired) electrons. The van der Waals surface area contributed by atoms with Crippen LogP contribution in [-0.2, 0) is 14.4 Å². The SMILES string of the molecule is CCCCO.[B].[C-]#[N+]CCN1[C@@H]2CC[C@H]1CC(Nc1nc(Nc3cc(C)[nH]n3)cc3ncccc13)C2.[C-]#[N+]CCN1[C@@H]2CC[C@H]1CC(Nc1nc(Nc3cc(C)[nH]n3)cc3ncccc13)C2.[I][V]([I])[I].[I][V][I]. The van der Waals surface area contributed by atoms with Crippen LogP contribution in [0.2, 0.25) is 0 Å². The molecule has 388 valence electrons. The van der Waals surface area contributed by atoms with Gasteiger partial charge in [0.25, 0.3) is 0 Å². The van der Waals surface area contributed by atoms with Gasteiger partial charge in [0.15, 0.2) is 11.6 Å². The normalized spacial score (nSPS) is 20.5.